The maximum Gasteiger partial charge on any atom is 0.219 e. The molecule has 0 bridgehead atoms. The van der Waals surface area contributed by atoms with E-state index in [0.717, 1.165) is 11.8 Å². The Morgan fingerprint density at radius 2 is 1.78 bits per heavy atom. The van der Waals surface area contributed by atoms with E-state index in [0.29, 0.717) is 31.0 Å². The Labute approximate surface area is 112 Å². The molecular weight excluding hydrogens is 252 g/mol. The zero-order valence-corrected chi connectivity index (χ0v) is 11.9. The number of hydrogen-bond acceptors (Lipinski definition) is 4. The van der Waals surface area contributed by atoms with Gasteiger partial charge in [-0.1, -0.05) is 18.3 Å². The Balaban J connectivity index is 3.98. The molecule has 0 saturated heterocycles. The predicted octanol–water partition coefficient (Wildman–Crippen LogP) is 0.807. The van der Waals surface area contributed by atoms with Gasteiger partial charge in [0.2, 0.25) is 16.9 Å². The topological polar surface area (TPSA) is 66.5 Å². The van der Waals surface area contributed by atoms with Gasteiger partial charge in [-0.05, 0) is 12.5 Å². The number of amides is 2. The Bertz CT molecular complexity index is 342. The minimum absolute atomic E-state index is 0.0552. The van der Waals surface area contributed by atoms with Crippen molar-refractivity contribution < 1.29 is 14.4 Å². The van der Waals surface area contributed by atoms with Crippen LogP contribution in [0.3, 0.4) is 0 Å². The lowest BCUT2D eigenvalue weighted by Gasteiger charge is -2.20. The third-order valence-electron chi connectivity index (χ3n) is 2.14. The van der Waals surface area contributed by atoms with Crippen molar-refractivity contribution in [2.75, 3.05) is 25.4 Å². The molecule has 0 aliphatic carbocycles. The van der Waals surface area contributed by atoms with Crippen LogP contribution < -0.4 is 5.32 Å². The van der Waals surface area contributed by atoms with Crippen LogP contribution in [0.1, 0.15) is 20.8 Å². The molecule has 18 heavy (non-hydrogen) atoms. The third-order valence-corrected chi connectivity index (χ3v) is 3.14. The van der Waals surface area contributed by atoms with Crippen LogP contribution in [0, 0.1) is 0 Å². The van der Waals surface area contributed by atoms with Crippen molar-refractivity contribution in [3.8, 4) is 0 Å². The van der Waals surface area contributed by atoms with Gasteiger partial charge < -0.3 is 10.2 Å². The van der Waals surface area contributed by atoms with Crippen molar-refractivity contribution >= 4 is 28.7 Å². The lowest BCUT2D eigenvalue weighted by Crippen LogP contribution is -2.38. The molecule has 0 aromatic heterocycles. The van der Waals surface area contributed by atoms with E-state index < -0.39 is 0 Å². The number of hydrogen-bond donors (Lipinski definition) is 1. The Hall–Kier alpha value is -1.30. The normalized spacial score (nSPS) is 9.72. The first-order valence-corrected chi connectivity index (χ1v) is 6.65. The highest BCUT2D eigenvalue weighted by molar-refractivity contribution is 8.14. The van der Waals surface area contributed by atoms with Gasteiger partial charge in [0.1, 0.15) is 0 Å². The van der Waals surface area contributed by atoms with Crippen LogP contribution in [-0.2, 0) is 14.4 Å². The van der Waals surface area contributed by atoms with Gasteiger partial charge in [0.25, 0.3) is 0 Å². The summed E-state index contributed by atoms with van der Waals surface area (Å²) in [5.41, 5.74) is 0.507. The van der Waals surface area contributed by atoms with Gasteiger partial charge in [0.15, 0.2) is 0 Å². The molecule has 0 fully saturated rings. The zero-order chi connectivity index (χ0) is 14.1. The molecule has 0 spiro atoms. The van der Waals surface area contributed by atoms with Crippen molar-refractivity contribution in [1.29, 1.82) is 0 Å². The van der Waals surface area contributed by atoms with E-state index in [-0.39, 0.29) is 16.9 Å². The van der Waals surface area contributed by atoms with Gasteiger partial charge in [-0.2, -0.15) is 0 Å². The van der Waals surface area contributed by atoms with E-state index in [1.54, 1.807) is 11.8 Å². The highest BCUT2D eigenvalue weighted by Gasteiger charge is 2.10. The highest BCUT2D eigenvalue weighted by Crippen LogP contribution is 2.08. The number of nitrogens with zero attached hydrogens (tertiary/aromatic N) is 1. The minimum Gasteiger partial charge on any atom is -0.355 e. The number of thioether (sulfide) groups is 1. The minimum atomic E-state index is -0.120. The van der Waals surface area contributed by atoms with Gasteiger partial charge in [0, 0.05) is 39.2 Å². The molecule has 0 unspecified atom stereocenters. The fourth-order valence-corrected chi connectivity index (χ4v) is 1.91. The summed E-state index contributed by atoms with van der Waals surface area (Å²) in [6.07, 6.45) is 0. The fraction of sp³-hybridized carbons (Fsp3) is 0.583. The van der Waals surface area contributed by atoms with E-state index in [2.05, 4.69) is 11.9 Å². The zero-order valence-electron chi connectivity index (χ0n) is 11.1. The van der Waals surface area contributed by atoms with Crippen LogP contribution in [0.25, 0.3) is 0 Å². The standard InChI is InChI=1S/C12H20N2O3S/c1-9(2)12(17)18-8-7-14(11(4)16)6-5-13-10(3)15/h1,5-8H2,2-4H3,(H,13,15). The second-order valence-electron chi connectivity index (χ2n) is 3.91. The Kier molecular flexibility index (Phi) is 8.11. The van der Waals surface area contributed by atoms with Crippen molar-refractivity contribution in [1.82, 2.24) is 10.2 Å². The molecule has 0 aliphatic heterocycles. The molecule has 0 aliphatic rings. The van der Waals surface area contributed by atoms with Crippen LogP contribution in [0.5, 0.6) is 0 Å². The first kappa shape index (κ1) is 16.7. The first-order chi connectivity index (χ1) is 8.34. The van der Waals surface area contributed by atoms with Crippen LogP contribution in [-0.4, -0.2) is 47.2 Å². The molecule has 0 heterocycles. The quantitative estimate of drug-likeness (QED) is 0.696. The molecular formula is C12H20N2O3S. The van der Waals surface area contributed by atoms with Gasteiger partial charge in [-0.3, -0.25) is 14.4 Å². The molecule has 5 nitrogen and oxygen atoms in total. The van der Waals surface area contributed by atoms with Crippen LogP contribution in [0.4, 0.5) is 0 Å². The van der Waals surface area contributed by atoms with E-state index in [9.17, 15) is 14.4 Å². The molecule has 0 saturated carbocycles. The number of nitrogens with one attached hydrogen (secondary N) is 1. The second-order valence-corrected chi connectivity index (χ2v) is 4.97. The third kappa shape index (κ3) is 7.89. The number of carbonyl (C=O) groups excluding carboxylic acids is 3. The molecule has 0 aromatic rings. The summed E-state index contributed by atoms with van der Waals surface area (Å²) < 4.78 is 0. The summed E-state index contributed by atoms with van der Waals surface area (Å²) in [4.78, 5) is 34.9. The van der Waals surface area contributed by atoms with E-state index in [1.807, 2.05) is 0 Å². The van der Waals surface area contributed by atoms with Crippen molar-refractivity contribution in [3.05, 3.63) is 12.2 Å². The largest absolute Gasteiger partial charge is 0.355 e. The Morgan fingerprint density at radius 1 is 1.17 bits per heavy atom. The summed E-state index contributed by atoms with van der Waals surface area (Å²) in [6, 6.07) is 0. The molecule has 1 N–H and O–H groups in total. The smallest absolute Gasteiger partial charge is 0.219 e. The van der Waals surface area contributed by atoms with E-state index >= 15 is 0 Å². The van der Waals surface area contributed by atoms with Gasteiger partial charge in [-0.25, -0.2) is 0 Å². The average Bonchev–Trinajstić information content (AvgIpc) is 2.25. The van der Waals surface area contributed by atoms with Crippen molar-refractivity contribution in [2.24, 2.45) is 0 Å². The summed E-state index contributed by atoms with van der Waals surface area (Å²) in [7, 11) is 0. The summed E-state index contributed by atoms with van der Waals surface area (Å²) in [6.45, 7) is 9.49. The van der Waals surface area contributed by atoms with Gasteiger partial charge in [-0.15, -0.1) is 0 Å². The maximum atomic E-state index is 11.3. The van der Waals surface area contributed by atoms with Gasteiger partial charge >= 0.3 is 0 Å². The summed E-state index contributed by atoms with van der Waals surface area (Å²) in [5, 5.41) is 2.57. The van der Waals surface area contributed by atoms with E-state index in [4.69, 9.17) is 0 Å². The molecule has 102 valence electrons. The first-order valence-electron chi connectivity index (χ1n) is 5.67. The maximum absolute atomic E-state index is 11.3. The number of carbonyl (C=O) groups is 3. The molecule has 6 heteroatoms. The lowest BCUT2D eigenvalue weighted by molar-refractivity contribution is -0.129. The molecule has 0 atom stereocenters. The van der Waals surface area contributed by atoms with Crippen molar-refractivity contribution in [2.45, 2.75) is 20.8 Å². The van der Waals surface area contributed by atoms with E-state index in [1.165, 1.54) is 13.8 Å². The molecule has 0 rings (SSSR count). The predicted molar refractivity (Wildman–Crippen MR) is 73.2 cm³/mol. The SMILES string of the molecule is C=C(C)C(=O)SCCN(CCNC(C)=O)C(C)=O. The molecule has 0 radical (unpaired) electrons. The molecule has 0 aromatic carbocycles. The van der Waals surface area contributed by atoms with Crippen LogP contribution in [0.15, 0.2) is 12.2 Å². The van der Waals surface area contributed by atoms with Gasteiger partial charge in [0.05, 0.1) is 0 Å². The summed E-state index contributed by atoms with van der Waals surface area (Å²) in [5.74, 6) is 0.347. The average molecular weight is 272 g/mol. The van der Waals surface area contributed by atoms with Crippen LogP contribution >= 0.6 is 11.8 Å². The Morgan fingerprint density at radius 3 is 2.22 bits per heavy atom. The van der Waals surface area contributed by atoms with Crippen LogP contribution in [0.2, 0.25) is 0 Å². The monoisotopic (exact) mass is 272 g/mol. The fourth-order valence-electron chi connectivity index (χ4n) is 1.17. The van der Waals surface area contributed by atoms with Crippen molar-refractivity contribution in [3.63, 3.8) is 0 Å². The lowest BCUT2D eigenvalue weighted by atomic mass is 10.4. The second kappa shape index (κ2) is 8.74. The highest BCUT2D eigenvalue weighted by atomic mass is 32.2. The summed E-state index contributed by atoms with van der Waals surface area (Å²) >= 11 is 1.15. The number of rotatable bonds is 7. The molecule has 2 amide bonds.